The maximum atomic E-state index is 8.76. The normalized spacial score (nSPS) is 10.6. The van der Waals surface area contributed by atoms with Crippen LogP contribution in [0.4, 0.5) is 0 Å². The summed E-state index contributed by atoms with van der Waals surface area (Å²) in [5.74, 6) is 0.855. The van der Waals surface area contributed by atoms with E-state index in [1.807, 2.05) is 36.4 Å². The van der Waals surface area contributed by atoms with E-state index in [4.69, 9.17) is 10.00 Å². The zero-order valence-electron chi connectivity index (χ0n) is 13.5. The number of ether oxygens (including phenoxy) is 1. The van der Waals surface area contributed by atoms with Crippen molar-refractivity contribution >= 4 is 0 Å². The minimum atomic E-state index is 0.430. The number of benzene rings is 1. The third-order valence-electron chi connectivity index (χ3n) is 3.55. The number of pyridine rings is 1. The predicted octanol–water partition coefficient (Wildman–Crippen LogP) is 5.14. The van der Waals surface area contributed by atoms with Gasteiger partial charge in [0.2, 0.25) is 0 Å². The van der Waals surface area contributed by atoms with Crippen molar-refractivity contribution in [1.29, 1.82) is 5.26 Å². The van der Waals surface area contributed by atoms with Gasteiger partial charge in [0.15, 0.2) is 0 Å². The molecule has 0 saturated carbocycles. The SMILES string of the molecule is CCCCC/C=C/COc1ccc(-c2ccc(C#N)nc2)cc1. The third-order valence-corrected chi connectivity index (χ3v) is 3.55. The smallest absolute Gasteiger partial charge is 0.140 e. The Balaban J connectivity index is 1.83. The van der Waals surface area contributed by atoms with Crippen molar-refractivity contribution in [2.75, 3.05) is 6.61 Å². The first-order valence-electron chi connectivity index (χ1n) is 8.08. The van der Waals surface area contributed by atoms with Gasteiger partial charge < -0.3 is 4.74 Å². The highest BCUT2D eigenvalue weighted by molar-refractivity contribution is 5.63. The minimum absolute atomic E-state index is 0.430. The van der Waals surface area contributed by atoms with Crippen molar-refractivity contribution in [1.82, 2.24) is 4.98 Å². The van der Waals surface area contributed by atoms with Crippen molar-refractivity contribution in [3.8, 4) is 22.9 Å². The molecule has 0 spiro atoms. The zero-order chi connectivity index (χ0) is 16.3. The molecule has 3 heteroatoms. The van der Waals surface area contributed by atoms with Crippen LogP contribution in [-0.4, -0.2) is 11.6 Å². The number of nitrogens with zero attached hydrogens (tertiary/aromatic N) is 2. The molecule has 0 bridgehead atoms. The molecule has 2 aromatic rings. The number of rotatable bonds is 8. The number of unbranched alkanes of at least 4 members (excludes halogenated alkanes) is 3. The zero-order valence-corrected chi connectivity index (χ0v) is 13.5. The summed E-state index contributed by atoms with van der Waals surface area (Å²) in [6, 6.07) is 13.6. The van der Waals surface area contributed by atoms with Crippen molar-refractivity contribution in [2.24, 2.45) is 0 Å². The fourth-order valence-corrected chi connectivity index (χ4v) is 2.22. The maximum absolute atomic E-state index is 8.76. The van der Waals surface area contributed by atoms with Crippen molar-refractivity contribution in [3.05, 3.63) is 60.4 Å². The Kier molecular flexibility index (Phi) is 6.87. The first-order chi connectivity index (χ1) is 11.3. The van der Waals surface area contributed by atoms with Gasteiger partial charge in [0.1, 0.15) is 24.1 Å². The van der Waals surface area contributed by atoms with Crippen LogP contribution in [-0.2, 0) is 0 Å². The van der Waals surface area contributed by atoms with Crippen LogP contribution >= 0.6 is 0 Å². The molecule has 0 aliphatic rings. The monoisotopic (exact) mass is 306 g/mol. The van der Waals surface area contributed by atoms with E-state index >= 15 is 0 Å². The lowest BCUT2D eigenvalue weighted by molar-refractivity contribution is 0.362. The van der Waals surface area contributed by atoms with Crippen LogP contribution in [0.2, 0.25) is 0 Å². The van der Waals surface area contributed by atoms with E-state index in [2.05, 4.69) is 24.1 Å². The molecule has 0 amide bonds. The molecule has 0 fully saturated rings. The van der Waals surface area contributed by atoms with E-state index in [0.717, 1.165) is 23.3 Å². The van der Waals surface area contributed by atoms with Crippen LogP contribution in [0.5, 0.6) is 5.75 Å². The van der Waals surface area contributed by atoms with Crippen molar-refractivity contribution in [3.63, 3.8) is 0 Å². The largest absolute Gasteiger partial charge is 0.490 e. The van der Waals surface area contributed by atoms with Gasteiger partial charge in [0.05, 0.1) is 0 Å². The van der Waals surface area contributed by atoms with Crippen LogP contribution < -0.4 is 4.74 Å². The Morgan fingerprint density at radius 1 is 1.04 bits per heavy atom. The molecule has 0 atom stereocenters. The predicted molar refractivity (Wildman–Crippen MR) is 93.2 cm³/mol. The average molecular weight is 306 g/mol. The van der Waals surface area contributed by atoms with Crippen molar-refractivity contribution in [2.45, 2.75) is 32.6 Å². The van der Waals surface area contributed by atoms with Crippen LogP contribution in [0, 0.1) is 11.3 Å². The standard InChI is InChI=1S/C20H22N2O/c1-2-3-4-5-6-7-14-23-20-12-9-17(10-13-20)18-8-11-19(15-21)22-16-18/h6-13,16H,2-5,14H2,1H3/b7-6+. The van der Waals surface area contributed by atoms with E-state index in [1.54, 1.807) is 12.3 Å². The Labute approximate surface area is 138 Å². The first kappa shape index (κ1) is 16.8. The Hall–Kier alpha value is -2.60. The molecule has 1 aromatic heterocycles. The summed E-state index contributed by atoms with van der Waals surface area (Å²) in [6.07, 6.45) is 10.9. The summed E-state index contributed by atoms with van der Waals surface area (Å²) in [5, 5.41) is 8.76. The van der Waals surface area contributed by atoms with E-state index in [0.29, 0.717) is 12.3 Å². The molecule has 0 radical (unpaired) electrons. The van der Waals surface area contributed by atoms with Crippen LogP contribution in [0.1, 0.15) is 38.3 Å². The average Bonchev–Trinajstić information content (AvgIpc) is 2.61. The first-order valence-corrected chi connectivity index (χ1v) is 8.08. The molecule has 2 rings (SSSR count). The molecule has 0 unspecified atom stereocenters. The van der Waals surface area contributed by atoms with Crippen LogP contribution in [0.15, 0.2) is 54.7 Å². The fraction of sp³-hybridized carbons (Fsp3) is 0.300. The van der Waals surface area contributed by atoms with E-state index in [9.17, 15) is 0 Å². The summed E-state index contributed by atoms with van der Waals surface area (Å²) >= 11 is 0. The van der Waals surface area contributed by atoms with Gasteiger partial charge in [-0.25, -0.2) is 4.98 Å². The molecule has 0 aliphatic heterocycles. The van der Waals surface area contributed by atoms with Gasteiger partial charge in [-0.3, -0.25) is 0 Å². The van der Waals surface area contributed by atoms with Gasteiger partial charge in [-0.1, -0.05) is 44.1 Å². The van der Waals surface area contributed by atoms with Crippen LogP contribution in [0.3, 0.4) is 0 Å². The summed E-state index contributed by atoms with van der Waals surface area (Å²) in [7, 11) is 0. The van der Waals surface area contributed by atoms with Gasteiger partial charge in [0.25, 0.3) is 0 Å². The van der Waals surface area contributed by atoms with E-state index < -0.39 is 0 Å². The highest BCUT2D eigenvalue weighted by Crippen LogP contribution is 2.21. The van der Waals surface area contributed by atoms with Gasteiger partial charge in [0, 0.05) is 11.8 Å². The molecular formula is C20H22N2O. The van der Waals surface area contributed by atoms with Gasteiger partial charge in [-0.2, -0.15) is 5.26 Å². The molecule has 1 heterocycles. The Morgan fingerprint density at radius 2 is 1.83 bits per heavy atom. The molecule has 0 N–H and O–H groups in total. The summed E-state index contributed by atoms with van der Waals surface area (Å²) in [4.78, 5) is 4.09. The second-order valence-electron chi connectivity index (χ2n) is 5.35. The maximum Gasteiger partial charge on any atom is 0.140 e. The van der Waals surface area contributed by atoms with E-state index in [-0.39, 0.29) is 0 Å². The number of allylic oxidation sites excluding steroid dienone is 1. The number of hydrogen-bond acceptors (Lipinski definition) is 3. The Bertz CT molecular complexity index is 652. The topological polar surface area (TPSA) is 45.9 Å². The molecular weight excluding hydrogens is 284 g/mol. The lowest BCUT2D eigenvalue weighted by Crippen LogP contribution is -1.93. The number of hydrogen-bond donors (Lipinski definition) is 0. The van der Waals surface area contributed by atoms with Gasteiger partial charge in [-0.05, 0) is 42.7 Å². The van der Waals surface area contributed by atoms with Gasteiger partial charge >= 0.3 is 0 Å². The third kappa shape index (κ3) is 5.60. The highest BCUT2D eigenvalue weighted by atomic mass is 16.5. The molecule has 1 aromatic carbocycles. The number of aromatic nitrogens is 1. The number of nitriles is 1. The second-order valence-corrected chi connectivity index (χ2v) is 5.35. The van der Waals surface area contributed by atoms with E-state index in [1.165, 1.54) is 19.3 Å². The van der Waals surface area contributed by atoms with Crippen LogP contribution in [0.25, 0.3) is 11.1 Å². The quantitative estimate of drug-likeness (QED) is 0.501. The molecule has 3 nitrogen and oxygen atoms in total. The Morgan fingerprint density at radius 3 is 2.48 bits per heavy atom. The second kappa shape index (κ2) is 9.42. The molecule has 118 valence electrons. The van der Waals surface area contributed by atoms with Gasteiger partial charge in [-0.15, -0.1) is 0 Å². The summed E-state index contributed by atoms with van der Waals surface area (Å²) in [5.41, 5.74) is 2.48. The lowest BCUT2D eigenvalue weighted by Gasteiger charge is -2.05. The summed E-state index contributed by atoms with van der Waals surface area (Å²) in [6.45, 7) is 2.81. The molecule has 23 heavy (non-hydrogen) atoms. The fourth-order valence-electron chi connectivity index (χ4n) is 2.22. The van der Waals surface area contributed by atoms with Crippen molar-refractivity contribution < 1.29 is 4.74 Å². The summed E-state index contributed by atoms with van der Waals surface area (Å²) < 4.78 is 5.69. The highest BCUT2D eigenvalue weighted by Gasteiger charge is 2.00. The minimum Gasteiger partial charge on any atom is -0.490 e. The molecule has 0 aliphatic carbocycles. The molecule has 0 saturated heterocycles. The lowest BCUT2D eigenvalue weighted by atomic mass is 10.1.